The summed E-state index contributed by atoms with van der Waals surface area (Å²) in [5.41, 5.74) is 7.55. The SMILES string of the molecule is CCC(=O)NCc1cc2cc(Cl)c(OCC(=O)/C=C(/C)N)cc2[nH]1. The van der Waals surface area contributed by atoms with Crippen LogP contribution in [0.3, 0.4) is 0 Å². The molecule has 0 unspecified atom stereocenters. The van der Waals surface area contributed by atoms with Crippen molar-refractivity contribution in [2.45, 2.75) is 26.8 Å². The number of aromatic nitrogens is 1. The van der Waals surface area contributed by atoms with E-state index in [4.69, 9.17) is 22.1 Å². The number of nitrogens with one attached hydrogen (secondary N) is 2. The van der Waals surface area contributed by atoms with Crippen molar-refractivity contribution in [1.29, 1.82) is 0 Å². The summed E-state index contributed by atoms with van der Waals surface area (Å²) < 4.78 is 5.46. The highest BCUT2D eigenvalue weighted by molar-refractivity contribution is 6.32. The molecule has 128 valence electrons. The van der Waals surface area contributed by atoms with Crippen LogP contribution < -0.4 is 15.8 Å². The van der Waals surface area contributed by atoms with E-state index in [0.29, 0.717) is 29.4 Å². The van der Waals surface area contributed by atoms with Gasteiger partial charge >= 0.3 is 0 Å². The van der Waals surface area contributed by atoms with Crippen molar-refractivity contribution in [2.75, 3.05) is 6.61 Å². The van der Waals surface area contributed by atoms with Gasteiger partial charge in [-0.3, -0.25) is 9.59 Å². The Labute approximate surface area is 145 Å². The number of benzene rings is 1. The molecule has 1 aromatic carbocycles. The molecule has 1 aromatic heterocycles. The summed E-state index contributed by atoms with van der Waals surface area (Å²) in [6.45, 7) is 3.70. The lowest BCUT2D eigenvalue weighted by Gasteiger charge is -2.06. The number of carbonyl (C=O) groups excluding carboxylic acids is 2. The van der Waals surface area contributed by atoms with Crippen molar-refractivity contribution in [3.05, 3.63) is 40.7 Å². The molecule has 0 aliphatic rings. The number of amides is 1. The highest BCUT2D eigenvalue weighted by atomic mass is 35.5. The summed E-state index contributed by atoms with van der Waals surface area (Å²) >= 11 is 6.19. The van der Waals surface area contributed by atoms with Crippen LogP contribution in [-0.4, -0.2) is 23.3 Å². The highest BCUT2D eigenvalue weighted by Crippen LogP contribution is 2.30. The lowest BCUT2D eigenvalue weighted by molar-refractivity contribution is -0.121. The minimum atomic E-state index is -0.236. The maximum Gasteiger partial charge on any atom is 0.220 e. The second-order valence-corrected chi connectivity index (χ2v) is 5.85. The van der Waals surface area contributed by atoms with E-state index >= 15 is 0 Å². The average molecular weight is 350 g/mol. The van der Waals surface area contributed by atoms with Gasteiger partial charge in [-0.1, -0.05) is 18.5 Å². The molecule has 2 aromatic rings. The fourth-order valence-electron chi connectivity index (χ4n) is 2.16. The van der Waals surface area contributed by atoms with Crippen molar-refractivity contribution in [3.63, 3.8) is 0 Å². The number of carbonyl (C=O) groups is 2. The second kappa shape index (κ2) is 7.88. The summed E-state index contributed by atoms with van der Waals surface area (Å²) in [5.74, 6) is 0.157. The quantitative estimate of drug-likeness (QED) is 0.669. The zero-order valence-electron chi connectivity index (χ0n) is 13.6. The molecule has 0 saturated heterocycles. The van der Waals surface area contributed by atoms with E-state index in [1.165, 1.54) is 6.08 Å². The summed E-state index contributed by atoms with van der Waals surface area (Å²) in [6, 6.07) is 5.39. The molecule has 1 heterocycles. The van der Waals surface area contributed by atoms with Crippen molar-refractivity contribution in [3.8, 4) is 5.75 Å². The Morgan fingerprint density at radius 1 is 1.38 bits per heavy atom. The van der Waals surface area contributed by atoms with Crippen LogP contribution in [-0.2, 0) is 16.1 Å². The van der Waals surface area contributed by atoms with Gasteiger partial charge in [0.05, 0.1) is 11.6 Å². The fraction of sp³-hybridized carbons (Fsp3) is 0.294. The molecule has 2 rings (SSSR count). The Morgan fingerprint density at radius 2 is 2.12 bits per heavy atom. The summed E-state index contributed by atoms with van der Waals surface area (Å²) in [6.07, 6.45) is 1.75. The Balaban J connectivity index is 2.12. The van der Waals surface area contributed by atoms with Gasteiger partial charge in [0.15, 0.2) is 12.4 Å². The van der Waals surface area contributed by atoms with Gasteiger partial charge in [-0.15, -0.1) is 0 Å². The number of ketones is 1. The lowest BCUT2D eigenvalue weighted by Crippen LogP contribution is -2.21. The molecule has 6 nitrogen and oxygen atoms in total. The monoisotopic (exact) mass is 349 g/mol. The number of allylic oxidation sites excluding steroid dienone is 1. The van der Waals surface area contributed by atoms with Crippen molar-refractivity contribution in [1.82, 2.24) is 10.3 Å². The van der Waals surface area contributed by atoms with Gasteiger partial charge < -0.3 is 20.8 Å². The van der Waals surface area contributed by atoms with E-state index in [0.717, 1.165) is 16.6 Å². The van der Waals surface area contributed by atoms with Crippen LogP contribution in [0, 0.1) is 0 Å². The van der Waals surface area contributed by atoms with Crippen LogP contribution in [0.1, 0.15) is 26.0 Å². The van der Waals surface area contributed by atoms with Gasteiger partial charge in [0, 0.05) is 40.9 Å². The number of fused-ring (bicyclic) bond motifs is 1. The summed E-state index contributed by atoms with van der Waals surface area (Å²) in [7, 11) is 0. The van der Waals surface area contributed by atoms with E-state index in [-0.39, 0.29) is 18.3 Å². The zero-order chi connectivity index (χ0) is 17.7. The molecule has 0 radical (unpaired) electrons. The molecule has 0 aliphatic carbocycles. The number of hydrogen-bond donors (Lipinski definition) is 3. The molecule has 0 spiro atoms. The number of rotatable bonds is 7. The number of hydrogen-bond acceptors (Lipinski definition) is 4. The number of nitrogens with two attached hydrogens (primary N) is 1. The van der Waals surface area contributed by atoms with Crippen molar-refractivity contribution >= 4 is 34.2 Å². The molecule has 7 heteroatoms. The Kier molecular flexibility index (Phi) is 5.87. The number of halogens is 1. The van der Waals surface area contributed by atoms with Crippen LogP contribution >= 0.6 is 11.6 Å². The van der Waals surface area contributed by atoms with Gasteiger partial charge in [-0.2, -0.15) is 0 Å². The van der Waals surface area contributed by atoms with Gasteiger partial charge in [-0.25, -0.2) is 0 Å². The predicted molar refractivity (Wildman–Crippen MR) is 93.9 cm³/mol. The molecule has 0 aliphatic heterocycles. The molecule has 1 amide bonds. The van der Waals surface area contributed by atoms with E-state index in [2.05, 4.69) is 10.3 Å². The van der Waals surface area contributed by atoms with E-state index in [9.17, 15) is 9.59 Å². The van der Waals surface area contributed by atoms with Gasteiger partial charge in [0.1, 0.15) is 5.75 Å². The number of aromatic amines is 1. The van der Waals surface area contributed by atoms with Crippen molar-refractivity contribution in [2.24, 2.45) is 5.73 Å². The standard InChI is InChI=1S/C17H20ClN3O3/c1-3-17(23)20-8-12-5-11-6-14(18)16(7-15(11)21-12)24-9-13(22)4-10(2)19/h4-7,21H,3,8-9,19H2,1-2H3,(H,20,23)/b10-4-. The third kappa shape index (κ3) is 4.76. The molecule has 0 saturated carbocycles. The van der Waals surface area contributed by atoms with Crippen LogP contribution in [0.25, 0.3) is 10.9 Å². The summed E-state index contributed by atoms with van der Waals surface area (Å²) in [5, 5.41) is 4.11. The van der Waals surface area contributed by atoms with Crippen LogP contribution in [0.15, 0.2) is 30.0 Å². The Morgan fingerprint density at radius 3 is 2.79 bits per heavy atom. The van der Waals surface area contributed by atoms with Crippen LogP contribution in [0.5, 0.6) is 5.75 Å². The van der Waals surface area contributed by atoms with Gasteiger partial charge in [0.2, 0.25) is 5.91 Å². The smallest absolute Gasteiger partial charge is 0.220 e. The predicted octanol–water partition coefficient (Wildman–Crippen LogP) is 2.66. The molecule has 4 N–H and O–H groups in total. The number of H-pyrrole nitrogens is 1. The topological polar surface area (TPSA) is 97.2 Å². The maximum absolute atomic E-state index is 11.6. The third-order valence-electron chi connectivity index (χ3n) is 3.28. The first-order chi connectivity index (χ1) is 11.4. The van der Waals surface area contributed by atoms with Crippen LogP contribution in [0.2, 0.25) is 5.02 Å². The average Bonchev–Trinajstić information content (AvgIpc) is 2.91. The maximum atomic E-state index is 11.6. The summed E-state index contributed by atoms with van der Waals surface area (Å²) in [4.78, 5) is 26.1. The van der Waals surface area contributed by atoms with E-state index in [1.54, 1.807) is 26.0 Å². The highest BCUT2D eigenvalue weighted by Gasteiger charge is 2.09. The molecule has 24 heavy (non-hydrogen) atoms. The molecular formula is C17H20ClN3O3. The first-order valence-corrected chi connectivity index (χ1v) is 7.94. The zero-order valence-corrected chi connectivity index (χ0v) is 14.4. The molecule has 0 bridgehead atoms. The molecular weight excluding hydrogens is 330 g/mol. The number of ether oxygens (including phenoxy) is 1. The molecule has 0 fully saturated rings. The van der Waals surface area contributed by atoms with Gasteiger partial charge in [0.25, 0.3) is 0 Å². The Hall–Kier alpha value is -2.47. The third-order valence-corrected chi connectivity index (χ3v) is 3.58. The van der Waals surface area contributed by atoms with E-state index < -0.39 is 0 Å². The largest absolute Gasteiger partial charge is 0.484 e. The molecule has 0 atom stereocenters. The van der Waals surface area contributed by atoms with E-state index in [1.807, 2.05) is 6.07 Å². The second-order valence-electron chi connectivity index (χ2n) is 5.44. The lowest BCUT2D eigenvalue weighted by atomic mass is 10.2. The van der Waals surface area contributed by atoms with Crippen molar-refractivity contribution < 1.29 is 14.3 Å². The van der Waals surface area contributed by atoms with Crippen LogP contribution in [0.4, 0.5) is 0 Å². The first kappa shape index (κ1) is 17.9. The normalized spacial score (nSPS) is 11.5. The first-order valence-electron chi connectivity index (χ1n) is 7.56. The fourth-order valence-corrected chi connectivity index (χ4v) is 2.39. The minimum Gasteiger partial charge on any atom is -0.484 e. The Bertz CT molecular complexity index is 792. The van der Waals surface area contributed by atoms with Gasteiger partial charge in [-0.05, 0) is 19.1 Å². The minimum absolute atomic E-state index is 0.0162.